The van der Waals surface area contributed by atoms with E-state index in [-0.39, 0.29) is 22.8 Å². The molecule has 0 aliphatic carbocycles. The van der Waals surface area contributed by atoms with Crippen LogP contribution in [0.25, 0.3) is 0 Å². The first kappa shape index (κ1) is 19.2. The number of amides is 2. The summed E-state index contributed by atoms with van der Waals surface area (Å²) >= 11 is 0. The van der Waals surface area contributed by atoms with Crippen molar-refractivity contribution in [1.29, 1.82) is 0 Å². The van der Waals surface area contributed by atoms with Gasteiger partial charge in [-0.2, -0.15) is 0 Å². The van der Waals surface area contributed by atoms with Crippen LogP contribution in [-0.2, 0) is 4.79 Å². The Morgan fingerprint density at radius 3 is 2.04 bits per heavy atom. The highest BCUT2D eigenvalue weighted by Crippen LogP contribution is 2.19. The zero-order valence-electron chi connectivity index (χ0n) is 15.0. The summed E-state index contributed by atoms with van der Waals surface area (Å²) in [4.78, 5) is 24.3. The normalized spacial score (nSPS) is 13.3. The Bertz CT molecular complexity index is 557. The van der Waals surface area contributed by atoms with Crippen LogP contribution >= 0.6 is 0 Å². The van der Waals surface area contributed by atoms with Crippen LogP contribution in [0.4, 0.5) is 5.69 Å². The summed E-state index contributed by atoms with van der Waals surface area (Å²) in [7, 11) is 0. The smallest absolute Gasteiger partial charge is 0.251 e. The van der Waals surface area contributed by atoms with E-state index in [1.54, 1.807) is 24.3 Å². The van der Waals surface area contributed by atoms with E-state index in [4.69, 9.17) is 5.73 Å². The van der Waals surface area contributed by atoms with Gasteiger partial charge in [-0.15, -0.1) is 0 Å². The summed E-state index contributed by atoms with van der Waals surface area (Å²) in [5.41, 5.74) is 6.56. The van der Waals surface area contributed by atoms with Crippen molar-refractivity contribution in [2.24, 2.45) is 11.1 Å². The fraction of sp³-hybridized carbons (Fsp3) is 0.556. The highest BCUT2D eigenvalue weighted by Gasteiger charge is 2.27. The molecule has 0 aromatic heterocycles. The Morgan fingerprint density at radius 1 is 1.09 bits per heavy atom. The molecule has 0 aliphatic heterocycles. The number of hydrogen-bond acceptors (Lipinski definition) is 3. The van der Waals surface area contributed by atoms with Gasteiger partial charge in [-0.25, -0.2) is 0 Å². The Kier molecular flexibility index (Phi) is 5.94. The number of benzene rings is 1. The van der Waals surface area contributed by atoms with E-state index in [0.29, 0.717) is 11.3 Å². The summed E-state index contributed by atoms with van der Waals surface area (Å²) in [5.74, 6) is -0.358. The lowest BCUT2D eigenvalue weighted by molar-refractivity contribution is -0.119. The molecular weight excluding hydrogens is 290 g/mol. The lowest BCUT2D eigenvalue weighted by Crippen LogP contribution is -2.45. The number of hydrogen-bond donors (Lipinski definition) is 3. The van der Waals surface area contributed by atoms with Crippen LogP contribution in [0, 0.1) is 5.41 Å². The summed E-state index contributed by atoms with van der Waals surface area (Å²) in [6.07, 6.45) is 0.845. The lowest BCUT2D eigenvalue weighted by Gasteiger charge is -2.26. The van der Waals surface area contributed by atoms with Crippen LogP contribution in [0.2, 0.25) is 0 Å². The maximum absolute atomic E-state index is 12.2. The van der Waals surface area contributed by atoms with Crippen LogP contribution < -0.4 is 16.4 Å². The third-order valence-electron chi connectivity index (χ3n) is 3.97. The van der Waals surface area contributed by atoms with Gasteiger partial charge >= 0.3 is 0 Å². The Labute approximate surface area is 139 Å². The Morgan fingerprint density at radius 2 is 1.61 bits per heavy atom. The molecule has 1 aromatic rings. The molecule has 128 valence electrons. The zero-order chi connectivity index (χ0) is 17.8. The summed E-state index contributed by atoms with van der Waals surface area (Å²) in [6.45, 7) is 11.7. The van der Waals surface area contributed by atoms with E-state index in [9.17, 15) is 9.59 Å². The van der Waals surface area contributed by atoms with Crippen molar-refractivity contribution in [1.82, 2.24) is 5.32 Å². The zero-order valence-corrected chi connectivity index (χ0v) is 15.0. The Balaban J connectivity index is 2.74. The first-order valence-electron chi connectivity index (χ1n) is 7.95. The minimum atomic E-state index is -0.601. The van der Waals surface area contributed by atoms with E-state index in [1.165, 1.54) is 0 Å². The SMILES string of the molecule is CCC(C)(C)NC(=O)c1ccc(NC(=O)[C@@H](N)C(C)(C)C)cc1. The van der Waals surface area contributed by atoms with Crippen molar-refractivity contribution < 1.29 is 9.59 Å². The lowest BCUT2D eigenvalue weighted by atomic mass is 9.87. The van der Waals surface area contributed by atoms with Gasteiger partial charge in [-0.1, -0.05) is 27.7 Å². The fourth-order valence-corrected chi connectivity index (χ4v) is 1.79. The summed E-state index contributed by atoms with van der Waals surface area (Å²) in [5, 5.41) is 5.75. The second-order valence-corrected chi connectivity index (χ2v) is 7.60. The quantitative estimate of drug-likeness (QED) is 0.780. The number of carbonyl (C=O) groups excluding carboxylic acids is 2. The standard InChI is InChI=1S/C18H29N3O2/c1-7-18(5,6)21-15(22)12-8-10-13(11-9-12)20-16(23)14(19)17(2,3)4/h8-11,14H,7,19H2,1-6H3,(H,20,23)(H,21,22)/t14-/m1/s1. The van der Waals surface area contributed by atoms with Gasteiger partial charge in [0.15, 0.2) is 0 Å². The van der Waals surface area contributed by atoms with Crippen molar-refractivity contribution >= 4 is 17.5 Å². The van der Waals surface area contributed by atoms with Gasteiger partial charge in [0.2, 0.25) is 5.91 Å². The number of nitrogens with two attached hydrogens (primary N) is 1. The molecule has 1 aromatic carbocycles. The molecule has 0 unspecified atom stereocenters. The maximum atomic E-state index is 12.2. The van der Waals surface area contributed by atoms with E-state index in [1.807, 2.05) is 41.5 Å². The number of nitrogens with one attached hydrogen (secondary N) is 2. The molecule has 5 heteroatoms. The molecule has 0 fully saturated rings. The van der Waals surface area contributed by atoms with Gasteiger partial charge in [0.25, 0.3) is 5.91 Å². The van der Waals surface area contributed by atoms with Crippen LogP contribution in [-0.4, -0.2) is 23.4 Å². The number of anilines is 1. The van der Waals surface area contributed by atoms with Crippen molar-refractivity contribution in [3.63, 3.8) is 0 Å². The third kappa shape index (κ3) is 5.67. The first-order chi connectivity index (χ1) is 10.5. The minimum absolute atomic E-state index is 0.124. The molecule has 0 radical (unpaired) electrons. The van der Waals surface area contributed by atoms with Gasteiger partial charge in [0.05, 0.1) is 6.04 Å². The summed E-state index contributed by atoms with van der Waals surface area (Å²) in [6, 6.07) is 6.21. The van der Waals surface area contributed by atoms with E-state index in [0.717, 1.165) is 6.42 Å². The van der Waals surface area contributed by atoms with Crippen LogP contribution in [0.5, 0.6) is 0 Å². The average Bonchev–Trinajstić information content (AvgIpc) is 2.45. The van der Waals surface area contributed by atoms with Crippen molar-refractivity contribution in [3.05, 3.63) is 29.8 Å². The van der Waals surface area contributed by atoms with Crippen LogP contribution in [0.3, 0.4) is 0 Å². The van der Waals surface area contributed by atoms with E-state index >= 15 is 0 Å². The minimum Gasteiger partial charge on any atom is -0.347 e. The largest absolute Gasteiger partial charge is 0.347 e. The van der Waals surface area contributed by atoms with Crippen molar-refractivity contribution in [2.75, 3.05) is 5.32 Å². The second kappa shape index (κ2) is 7.13. The Hall–Kier alpha value is -1.88. The molecule has 0 bridgehead atoms. The number of rotatable bonds is 5. The molecule has 0 saturated heterocycles. The predicted molar refractivity (Wildman–Crippen MR) is 94.3 cm³/mol. The molecule has 1 atom stereocenters. The fourth-order valence-electron chi connectivity index (χ4n) is 1.79. The molecule has 2 amide bonds. The third-order valence-corrected chi connectivity index (χ3v) is 3.97. The highest BCUT2D eigenvalue weighted by molar-refractivity contribution is 5.97. The molecule has 0 spiro atoms. The highest BCUT2D eigenvalue weighted by atomic mass is 16.2. The van der Waals surface area contributed by atoms with Crippen molar-refractivity contribution in [3.8, 4) is 0 Å². The van der Waals surface area contributed by atoms with Gasteiger partial charge in [-0.05, 0) is 49.9 Å². The second-order valence-electron chi connectivity index (χ2n) is 7.60. The molecule has 0 heterocycles. The van der Waals surface area contributed by atoms with E-state index in [2.05, 4.69) is 10.6 Å². The topological polar surface area (TPSA) is 84.2 Å². The van der Waals surface area contributed by atoms with Gasteiger partial charge in [0, 0.05) is 16.8 Å². The molecule has 0 aliphatic rings. The van der Waals surface area contributed by atoms with Crippen molar-refractivity contribution in [2.45, 2.75) is 59.5 Å². The monoisotopic (exact) mass is 319 g/mol. The van der Waals surface area contributed by atoms with Crippen LogP contribution in [0.1, 0.15) is 58.3 Å². The molecular formula is C18H29N3O2. The van der Waals surface area contributed by atoms with Gasteiger partial charge in [0.1, 0.15) is 0 Å². The molecule has 23 heavy (non-hydrogen) atoms. The number of carbonyl (C=O) groups is 2. The predicted octanol–water partition coefficient (Wildman–Crippen LogP) is 2.92. The molecule has 4 N–H and O–H groups in total. The molecule has 0 saturated carbocycles. The first-order valence-corrected chi connectivity index (χ1v) is 7.95. The summed E-state index contributed by atoms with van der Waals surface area (Å²) < 4.78 is 0. The average molecular weight is 319 g/mol. The van der Waals surface area contributed by atoms with Gasteiger partial charge < -0.3 is 16.4 Å². The van der Waals surface area contributed by atoms with E-state index < -0.39 is 6.04 Å². The molecule has 1 rings (SSSR count). The van der Waals surface area contributed by atoms with Gasteiger partial charge in [-0.3, -0.25) is 9.59 Å². The van der Waals surface area contributed by atoms with Crippen LogP contribution in [0.15, 0.2) is 24.3 Å². The molecule has 5 nitrogen and oxygen atoms in total. The maximum Gasteiger partial charge on any atom is 0.251 e.